The Kier molecular flexibility index (Phi) is 4.56. The van der Waals surface area contributed by atoms with Crippen LogP contribution < -0.4 is 0 Å². The second-order valence-corrected chi connectivity index (χ2v) is 7.44. The van der Waals surface area contributed by atoms with Gasteiger partial charge in [0.15, 0.2) is 0 Å². The number of hydrogen-bond donors (Lipinski definition) is 0. The van der Waals surface area contributed by atoms with Crippen LogP contribution in [0, 0.1) is 6.92 Å². The van der Waals surface area contributed by atoms with Crippen LogP contribution in [-0.2, 0) is 23.8 Å². The summed E-state index contributed by atoms with van der Waals surface area (Å²) in [7, 11) is 1.94. The van der Waals surface area contributed by atoms with Crippen LogP contribution in [0.3, 0.4) is 0 Å². The van der Waals surface area contributed by atoms with Crippen molar-refractivity contribution in [2.45, 2.75) is 31.7 Å². The van der Waals surface area contributed by atoms with Crippen molar-refractivity contribution in [1.29, 1.82) is 0 Å². The van der Waals surface area contributed by atoms with E-state index in [4.69, 9.17) is 0 Å². The van der Waals surface area contributed by atoms with E-state index < -0.39 is 0 Å². The van der Waals surface area contributed by atoms with E-state index in [0.29, 0.717) is 19.5 Å². The lowest BCUT2D eigenvalue weighted by Gasteiger charge is -2.43. The number of hydrogen-bond acceptors (Lipinski definition) is 2. The fourth-order valence-corrected chi connectivity index (χ4v) is 4.17. The summed E-state index contributed by atoms with van der Waals surface area (Å²) in [4.78, 5) is 14.8. The van der Waals surface area contributed by atoms with E-state index in [1.807, 2.05) is 35.0 Å². The van der Waals surface area contributed by atoms with Crippen LogP contribution in [0.2, 0.25) is 0 Å². The van der Waals surface area contributed by atoms with Gasteiger partial charge in [0.1, 0.15) is 0 Å². The zero-order valence-corrected chi connectivity index (χ0v) is 15.9. The first kappa shape index (κ1) is 17.5. The van der Waals surface area contributed by atoms with Crippen molar-refractivity contribution in [2.24, 2.45) is 7.05 Å². The molecule has 1 saturated heterocycles. The van der Waals surface area contributed by atoms with Crippen molar-refractivity contribution in [1.82, 2.24) is 14.7 Å². The lowest BCUT2D eigenvalue weighted by molar-refractivity contribution is -0.135. The lowest BCUT2D eigenvalue weighted by atomic mass is 9.69. The third-order valence-corrected chi connectivity index (χ3v) is 5.93. The van der Waals surface area contributed by atoms with Gasteiger partial charge in [-0.3, -0.25) is 9.48 Å². The van der Waals surface area contributed by atoms with Crippen LogP contribution in [0.1, 0.15) is 35.2 Å². The second kappa shape index (κ2) is 7.03. The minimum atomic E-state index is -0.174. The highest BCUT2D eigenvalue weighted by atomic mass is 16.2. The van der Waals surface area contributed by atoms with Gasteiger partial charge in [0, 0.05) is 43.2 Å². The molecule has 4 rings (SSSR count). The first-order chi connectivity index (χ1) is 13.1. The molecule has 0 unspecified atom stereocenters. The predicted octanol–water partition coefficient (Wildman–Crippen LogP) is 3.84. The summed E-state index contributed by atoms with van der Waals surface area (Å²) in [6, 6.07) is 21.2. The SMILES string of the molecule is Cc1c(CN2CC(c3ccccc3)(c3ccccc3)CCC2=O)cnn1C. The maximum atomic E-state index is 12.8. The standard InChI is InChI=1S/C23H25N3O/c1-18-19(15-24-25(18)2)16-26-17-23(14-13-22(26)27,20-9-5-3-6-10-20)21-11-7-4-8-12-21/h3-12,15H,13-14,16-17H2,1-2H3. The number of aromatic nitrogens is 2. The van der Waals surface area contributed by atoms with Crippen molar-refractivity contribution in [2.75, 3.05) is 6.54 Å². The summed E-state index contributed by atoms with van der Waals surface area (Å²) in [5, 5.41) is 4.34. The van der Waals surface area contributed by atoms with Crippen LogP contribution in [0.5, 0.6) is 0 Å². The Balaban J connectivity index is 1.74. The molecule has 1 amide bonds. The largest absolute Gasteiger partial charge is 0.337 e. The van der Waals surface area contributed by atoms with E-state index in [1.54, 1.807) is 0 Å². The Morgan fingerprint density at radius 2 is 1.59 bits per heavy atom. The highest BCUT2D eigenvalue weighted by molar-refractivity contribution is 5.78. The van der Waals surface area contributed by atoms with Crippen molar-refractivity contribution in [3.63, 3.8) is 0 Å². The zero-order valence-electron chi connectivity index (χ0n) is 15.9. The summed E-state index contributed by atoms with van der Waals surface area (Å²) >= 11 is 0. The predicted molar refractivity (Wildman–Crippen MR) is 106 cm³/mol. The van der Waals surface area contributed by atoms with Crippen LogP contribution in [-0.4, -0.2) is 27.1 Å². The highest BCUT2D eigenvalue weighted by Gasteiger charge is 2.41. The van der Waals surface area contributed by atoms with Crippen LogP contribution >= 0.6 is 0 Å². The van der Waals surface area contributed by atoms with Crippen LogP contribution in [0.4, 0.5) is 0 Å². The van der Waals surface area contributed by atoms with Gasteiger partial charge in [-0.25, -0.2) is 0 Å². The van der Waals surface area contributed by atoms with Gasteiger partial charge >= 0.3 is 0 Å². The third kappa shape index (κ3) is 3.16. The molecular weight excluding hydrogens is 334 g/mol. The molecule has 1 aliphatic rings. The number of amides is 1. The number of aryl methyl sites for hydroxylation is 1. The molecule has 1 aromatic heterocycles. The van der Waals surface area contributed by atoms with Gasteiger partial charge in [-0.05, 0) is 24.5 Å². The quantitative estimate of drug-likeness (QED) is 0.710. The lowest BCUT2D eigenvalue weighted by Crippen LogP contribution is -2.49. The molecule has 0 saturated carbocycles. The fourth-order valence-electron chi connectivity index (χ4n) is 4.17. The zero-order chi connectivity index (χ0) is 18.9. The number of piperidine rings is 1. The van der Waals surface area contributed by atoms with E-state index in [1.165, 1.54) is 11.1 Å². The van der Waals surface area contributed by atoms with Gasteiger partial charge in [-0.2, -0.15) is 5.10 Å². The molecule has 1 fully saturated rings. The molecule has 2 heterocycles. The average Bonchev–Trinajstić information content (AvgIpc) is 3.03. The number of benzene rings is 2. The molecular formula is C23H25N3O. The van der Waals surface area contributed by atoms with E-state index in [0.717, 1.165) is 17.7 Å². The molecule has 3 aromatic rings. The van der Waals surface area contributed by atoms with Gasteiger partial charge in [0.2, 0.25) is 5.91 Å². The number of carbonyl (C=O) groups is 1. The molecule has 0 atom stereocenters. The number of carbonyl (C=O) groups excluding carboxylic acids is 1. The molecule has 27 heavy (non-hydrogen) atoms. The molecule has 0 spiro atoms. The van der Waals surface area contributed by atoms with Crippen molar-refractivity contribution in [3.8, 4) is 0 Å². The van der Waals surface area contributed by atoms with Crippen LogP contribution in [0.15, 0.2) is 66.9 Å². The average molecular weight is 359 g/mol. The van der Waals surface area contributed by atoms with E-state index in [-0.39, 0.29) is 11.3 Å². The smallest absolute Gasteiger partial charge is 0.222 e. The molecule has 4 nitrogen and oxygen atoms in total. The summed E-state index contributed by atoms with van der Waals surface area (Å²) in [6.45, 7) is 3.35. The fraction of sp³-hybridized carbons (Fsp3) is 0.304. The second-order valence-electron chi connectivity index (χ2n) is 7.44. The summed E-state index contributed by atoms with van der Waals surface area (Å²) < 4.78 is 1.87. The van der Waals surface area contributed by atoms with Crippen molar-refractivity contribution in [3.05, 3.63) is 89.2 Å². The monoisotopic (exact) mass is 359 g/mol. The summed E-state index contributed by atoms with van der Waals surface area (Å²) in [5.41, 5.74) is 4.60. The molecule has 138 valence electrons. The molecule has 0 radical (unpaired) electrons. The summed E-state index contributed by atoms with van der Waals surface area (Å²) in [6.07, 6.45) is 3.27. The number of nitrogens with zero attached hydrogens (tertiary/aromatic N) is 3. The van der Waals surface area contributed by atoms with Crippen molar-refractivity contribution >= 4 is 5.91 Å². The molecule has 1 aliphatic heterocycles. The topological polar surface area (TPSA) is 38.1 Å². The molecule has 4 heteroatoms. The Morgan fingerprint density at radius 3 is 2.11 bits per heavy atom. The van der Waals surface area contributed by atoms with Gasteiger partial charge in [-0.1, -0.05) is 60.7 Å². The van der Waals surface area contributed by atoms with Gasteiger partial charge in [0.25, 0.3) is 0 Å². The van der Waals surface area contributed by atoms with E-state index in [9.17, 15) is 4.79 Å². The molecule has 0 bridgehead atoms. The molecule has 0 N–H and O–H groups in total. The number of likely N-dealkylation sites (tertiary alicyclic amines) is 1. The molecule has 0 aliphatic carbocycles. The Labute approximate surface area is 160 Å². The third-order valence-electron chi connectivity index (χ3n) is 5.93. The molecule has 2 aromatic carbocycles. The highest BCUT2D eigenvalue weighted by Crippen LogP contribution is 2.41. The van der Waals surface area contributed by atoms with Gasteiger partial charge in [0.05, 0.1) is 6.20 Å². The maximum Gasteiger partial charge on any atom is 0.222 e. The number of rotatable bonds is 4. The minimum Gasteiger partial charge on any atom is -0.337 e. The van der Waals surface area contributed by atoms with E-state index >= 15 is 0 Å². The minimum absolute atomic E-state index is 0.174. The summed E-state index contributed by atoms with van der Waals surface area (Å²) in [5.74, 6) is 0.223. The maximum absolute atomic E-state index is 12.8. The van der Waals surface area contributed by atoms with E-state index in [2.05, 4.69) is 60.6 Å². The first-order valence-electron chi connectivity index (χ1n) is 9.46. The van der Waals surface area contributed by atoms with Gasteiger partial charge in [-0.15, -0.1) is 0 Å². The Hall–Kier alpha value is -2.88. The first-order valence-corrected chi connectivity index (χ1v) is 9.46. The van der Waals surface area contributed by atoms with Gasteiger partial charge < -0.3 is 4.90 Å². The normalized spacial score (nSPS) is 16.5. The Bertz CT molecular complexity index is 891. The van der Waals surface area contributed by atoms with Crippen molar-refractivity contribution < 1.29 is 4.79 Å². The Morgan fingerprint density at radius 1 is 1.00 bits per heavy atom. The van der Waals surface area contributed by atoms with Crippen LogP contribution in [0.25, 0.3) is 0 Å².